The molecule has 0 spiro atoms. The minimum atomic E-state index is -3.09. The van der Waals surface area contributed by atoms with E-state index >= 15 is 0 Å². The fourth-order valence-corrected chi connectivity index (χ4v) is 5.97. The summed E-state index contributed by atoms with van der Waals surface area (Å²) in [6.07, 6.45) is 2.54. The first-order valence-corrected chi connectivity index (χ1v) is 11.2. The van der Waals surface area contributed by atoms with Crippen molar-refractivity contribution in [3.05, 3.63) is 24.3 Å². The molecule has 2 heterocycles. The van der Waals surface area contributed by atoms with E-state index in [1.54, 1.807) is 23.6 Å². The molecule has 2 saturated heterocycles. The van der Waals surface area contributed by atoms with Crippen LogP contribution in [0.2, 0.25) is 0 Å². The highest BCUT2D eigenvalue weighted by Crippen LogP contribution is 2.29. The van der Waals surface area contributed by atoms with E-state index in [0.717, 1.165) is 10.6 Å². The van der Waals surface area contributed by atoms with Gasteiger partial charge in [-0.1, -0.05) is 6.07 Å². The summed E-state index contributed by atoms with van der Waals surface area (Å²) in [5, 5.41) is 2.87. The summed E-state index contributed by atoms with van der Waals surface area (Å²) in [6, 6.07) is 7.67. The van der Waals surface area contributed by atoms with Gasteiger partial charge in [0, 0.05) is 23.5 Å². The Labute approximate surface area is 152 Å². The van der Waals surface area contributed by atoms with E-state index in [2.05, 4.69) is 5.32 Å². The lowest BCUT2D eigenvalue weighted by Gasteiger charge is -2.25. The van der Waals surface area contributed by atoms with Gasteiger partial charge in [0.05, 0.1) is 23.0 Å². The highest BCUT2D eigenvalue weighted by atomic mass is 32.2. The van der Waals surface area contributed by atoms with Crippen LogP contribution in [0.4, 0.5) is 5.69 Å². The number of rotatable bonds is 4. The molecule has 0 saturated carbocycles. The Hall–Kier alpha value is -1.54. The smallest absolute Gasteiger partial charge is 0.227 e. The standard InChI is InChI=1S/C17H22N2O4S2/c1-17(6-7-25(22,23)11-17)18-16(21)12-8-15(20)19(10-12)13-4-3-5-14(9-13)24-2/h3-5,9,12H,6-8,10-11H2,1-2H3,(H,18,21)/t12-,17+/m1/s1. The zero-order valence-electron chi connectivity index (χ0n) is 14.3. The molecule has 136 valence electrons. The topological polar surface area (TPSA) is 83.6 Å². The molecular weight excluding hydrogens is 360 g/mol. The summed E-state index contributed by atoms with van der Waals surface area (Å²) in [7, 11) is -3.09. The van der Waals surface area contributed by atoms with Crippen LogP contribution in [0.5, 0.6) is 0 Å². The SMILES string of the molecule is CSc1cccc(N2C[C@H](C(=O)N[C@@]3(C)CCS(=O)(=O)C3)CC2=O)c1. The third-order valence-electron chi connectivity index (χ3n) is 4.79. The monoisotopic (exact) mass is 382 g/mol. The maximum absolute atomic E-state index is 12.6. The van der Waals surface area contributed by atoms with Crippen LogP contribution in [0.3, 0.4) is 0 Å². The minimum Gasteiger partial charge on any atom is -0.350 e. The van der Waals surface area contributed by atoms with Gasteiger partial charge in [-0.3, -0.25) is 9.59 Å². The highest BCUT2D eigenvalue weighted by molar-refractivity contribution is 7.98. The van der Waals surface area contributed by atoms with Crippen molar-refractivity contribution in [2.24, 2.45) is 5.92 Å². The third-order valence-corrected chi connectivity index (χ3v) is 7.42. The first kappa shape index (κ1) is 18.3. The molecule has 0 radical (unpaired) electrons. The van der Waals surface area contributed by atoms with E-state index in [9.17, 15) is 18.0 Å². The predicted molar refractivity (Wildman–Crippen MR) is 98.5 cm³/mol. The summed E-state index contributed by atoms with van der Waals surface area (Å²) in [5.41, 5.74) is 0.0623. The molecule has 0 bridgehead atoms. The van der Waals surface area contributed by atoms with Crippen molar-refractivity contribution >= 4 is 39.1 Å². The van der Waals surface area contributed by atoms with Gasteiger partial charge in [0.1, 0.15) is 0 Å². The maximum atomic E-state index is 12.6. The molecule has 3 rings (SSSR count). The van der Waals surface area contributed by atoms with Crippen LogP contribution in [0.15, 0.2) is 29.2 Å². The zero-order chi connectivity index (χ0) is 18.2. The van der Waals surface area contributed by atoms with E-state index in [1.165, 1.54) is 0 Å². The highest BCUT2D eigenvalue weighted by Gasteiger charge is 2.42. The van der Waals surface area contributed by atoms with Crippen molar-refractivity contribution < 1.29 is 18.0 Å². The molecule has 2 aliphatic rings. The lowest BCUT2D eigenvalue weighted by molar-refractivity contribution is -0.127. The fourth-order valence-electron chi connectivity index (χ4n) is 3.42. The van der Waals surface area contributed by atoms with Crippen molar-refractivity contribution in [2.45, 2.75) is 30.2 Å². The summed E-state index contributed by atoms with van der Waals surface area (Å²) >= 11 is 1.60. The molecular formula is C17H22N2O4S2. The quantitative estimate of drug-likeness (QED) is 0.797. The molecule has 0 unspecified atom stereocenters. The molecule has 8 heteroatoms. The average molecular weight is 383 g/mol. The van der Waals surface area contributed by atoms with Crippen LogP contribution in [-0.4, -0.2) is 50.1 Å². The van der Waals surface area contributed by atoms with Crippen LogP contribution in [0.25, 0.3) is 0 Å². The van der Waals surface area contributed by atoms with Crippen LogP contribution in [-0.2, 0) is 19.4 Å². The third kappa shape index (κ3) is 4.00. The van der Waals surface area contributed by atoms with Gasteiger partial charge in [-0.15, -0.1) is 11.8 Å². The Balaban J connectivity index is 1.69. The molecule has 25 heavy (non-hydrogen) atoms. The first-order valence-electron chi connectivity index (χ1n) is 8.18. The number of hydrogen-bond acceptors (Lipinski definition) is 5. The molecule has 2 fully saturated rings. The predicted octanol–water partition coefficient (Wildman–Crippen LogP) is 1.45. The number of thioether (sulfide) groups is 1. The summed E-state index contributed by atoms with van der Waals surface area (Å²) in [5.74, 6) is -0.711. The molecule has 6 nitrogen and oxygen atoms in total. The number of carbonyl (C=O) groups is 2. The van der Waals surface area contributed by atoms with E-state index in [-0.39, 0.29) is 29.7 Å². The second-order valence-electron chi connectivity index (χ2n) is 7.00. The Morgan fingerprint density at radius 3 is 2.80 bits per heavy atom. The van der Waals surface area contributed by atoms with Crippen molar-refractivity contribution in [1.29, 1.82) is 0 Å². The summed E-state index contributed by atoms with van der Waals surface area (Å²) in [4.78, 5) is 27.6. The summed E-state index contributed by atoms with van der Waals surface area (Å²) in [6.45, 7) is 2.08. The van der Waals surface area contributed by atoms with Gasteiger partial charge in [-0.25, -0.2) is 8.42 Å². The van der Waals surface area contributed by atoms with Crippen LogP contribution in [0.1, 0.15) is 19.8 Å². The summed E-state index contributed by atoms with van der Waals surface area (Å²) < 4.78 is 23.4. The lowest BCUT2D eigenvalue weighted by atomic mass is 9.99. The molecule has 1 aromatic carbocycles. The molecule has 0 aromatic heterocycles. The van der Waals surface area contributed by atoms with Crippen molar-refractivity contribution in [2.75, 3.05) is 29.2 Å². The number of benzene rings is 1. The number of nitrogens with zero attached hydrogens (tertiary/aromatic N) is 1. The Bertz CT molecular complexity index is 809. The molecule has 2 atom stereocenters. The van der Waals surface area contributed by atoms with Crippen molar-refractivity contribution in [3.8, 4) is 0 Å². The van der Waals surface area contributed by atoms with Crippen LogP contribution < -0.4 is 10.2 Å². The molecule has 2 aliphatic heterocycles. The second kappa shape index (κ2) is 6.64. The van der Waals surface area contributed by atoms with Gasteiger partial charge in [-0.2, -0.15) is 0 Å². The largest absolute Gasteiger partial charge is 0.350 e. The number of anilines is 1. The van der Waals surface area contributed by atoms with E-state index in [1.807, 2.05) is 30.5 Å². The number of hydrogen-bond donors (Lipinski definition) is 1. The number of amides is 2. The number of nitrogens with one attached hydrogen (secondary N) is 1. The van der Waals surface area contributed by atoms with E-state index < -0.39 is 21.3 Å². The van der Waals surface area contributed by atoms with Crippen LogP contribution >= 0.6 is 11.8 Å². The average Bonchev–Trinajstić information content (AvgIpc) is 3.07. The molecule has 1 aromatic rings. The van der Waals surface area contributed by atoms with Gasteiger partial charge in [-0.05, 0) is 37.8 Å². The van der Waals surface area contributed by atoms with E-state index in [4.69, 9.17) is 0 Å². The van der Waals surface area contributed by atoms with Gasteiger partial charge in [0.2, 0.25) is 11.8 Å². The van der Waals surface area contributed by atoms with Gasteiger partial charge in [0.25, 0.3) is 0 Å². The molecule has 0 aliphatic carbocycles. The fraction of sp³-hybridized carbons (Fsp3) is 0.529. The Morgan fingerprint density at radius 1 is 1.40 bits per heavy atom. The second-order valence-corrected chi connectivity index (χ2v) is 10.1. The molecule has 2 amide bonds. The van der Waals surface area contributed by atoms with Crippen molar-refractivity contribution in [1.82, 2.24) is 5.32 Å². The minimum absolute atomic E-state index is 0.0358. The Kier molecular flexibility index (Phi) is 4.85. The normalized spacial score (nSPS) is 28.3. The lowest BCUT2D eigenvalue weighted by Crippen LogP contribution is -2.49. The van der Waals surface area contributed by atoms with Gasteiger partial charge >= 0.3 is 0 Å². The first-order chi connectivity index (χ1) is 11.7. The van der Waals surface area contributed by atoms with Crippen molar-refractivity contribution in [3.63, 3.8) is 0 Å². The Morgan fingerprint density at radius 2 is 2.16 bits per heavy atom. The van der Waals surface area contributed by atoms with Gasteiger partial charge < -0.3 is 10.2 Å². The maximum Gasteiger partial charge on any atom is 0.227 e. The number of carbonyl (C=O) groups excluding carboxylic acids is 2. The number of sulfone groups is 1. The molecule has 1 N–H and O–H groups in total. The van der Waals surface area contributed by atoms with Gasteiger partial charge in [0.15, 0.2) is 9.84 Å². The zero-order valence-corrected chi connectivity index (χ0v) is 16.0. The van der Waals surface area contributed by atoms with Crippen LogP contribution in [0, 0.1) is 5.92 Å². The van der Waals surface area contributed by atoms with E-state index in [0.29, 0.717) is 13.0 Å².